The maximum Gasteiger partial charge on any atom is 0.244 e. The highest BCUT2D eigenvalue weighted by atomic mass is 35.5. The van der Waals surface area contributed by atoms with Crippen LogP contribution in [0.2, 0.25) is 5.02 Å². The summed E-state index contributed by atoms with van der Waals surface area (Å²) in [5.74, 6) is -0.264. The number of sulfonamides is 1. The third kappa shape index (κ3) is 7.63. The molecule has 0 aromatic heterocycles. The van der Waals surface area contributed by atoms with E-state index in [1.807, 2.05) is 13.8 Å². The van der Waals surface area contributed by atoms with E-state index in [9.17, 15) is 18.0 Å². The molecule has 0 heterocycles. The van der Waals surface area contributed by atoms with Gasteiger partial charge in [-0.05, 0) is 56.2 Å². The Balaban J connectivity index is 2.36. The predicted molar refractivity (Wildman–Crippen MR) is 135 cm³/mol. The smallest absolute Gasteiger partial charge is 0.244 e. The van der Waals surface area contributed by atoms with Crippen molar-refractivity contribution < 1.29 is 22.7 Å². The SMILES string of the molecule is CCCNC(=O)C(C)N(Cc1ccccc1Cl)C(=O)CN(c1ccc(OCC)cc1)S(C)(=O)=O. The summed E-state index contributed by atoms with van der Waals surface area (Å²) >= 11 is 6.30. The molecule has 0 spiro atoms. The average Bonchev–Trinajstić information content (AvgIpc) is 2.80. The van der Waals surface area contributed by atoms with E-state index < -0.39 is 28.5 Å². The largest absolute Gasteiger partial charge is 0.494 e. The standard InChI is InChI=1S/C24H32ClN3O5S/c1-5-15-26-24(30)18(3)27(16-19-9-7-8-10-22(19)25)23(29)17-28(34(4,31)32)20-11-13-21(14-12-20)33-6-2/h7-14,18H,5-6,15-17H2,1-4H3,(H,26,30). The van der Waals surface area contributed by atoms with Gasteiger partial charge in [0.1, 0.15) is 18.3 Å². The van der Waals surface area contributed by atoms with Gasteiger partial charge in [-0.15, -0.1) is 0 Å². The van der Waals surface area contributed by atoms with Gasteiger partial charge in [0.05, 0.1) is 18.6 Å². The van der Waals surface area contributed by atoms with Crippen LogP contribution in [-0.4, -0.2) is 57.1 Å². The van der Waals surface area contributed by atoms with Crippen LogP contribution in [0.5, 0.6) is 5.75 Å². The highest BCUT2D eigenvalue weighted by molar-refractivity contribution is 7.92. The Kier molecular flexibility index (Phi) is 10.2. The minimum absolute atomic E-state index is 0.0557. The molecule has 186 valence electrons. The number of carbonyl (C=O) groups excluding carboxylic acids is 2. The fourth-order valence-corrected chi connectivity index (χ4v) is 4.32. The molecule has 8 nitrogen and oxygen atoms in total. The molecular formula is C24H32ClN3O5S. The summed E-state index contributed by atoms with van der Waals surface area (Å²) in [6, 6.07) is 12.6. The second-order valence-electron chi connectivity index (χ2n) is 7.78. The molecule has 2 aromatic carbocycles. The molecule has 0 aliphatic carbocycles. The molecule has 0 fully saturated rings. The molecule has 0 radical (unpaired) electrons. The number of benzene rings is 2. The fraction of sp³-hybridized carbons (Fsp3) is 0.417. The molecule has 10 heteroatoms. The van der Waals surface area contributed by atoms with Crippen molar-refractivity contribution in [1.82, 2.24) is 10.2 Å². The highest BCUT2D eigenvalue weighted by Crippen LogP contribution is 2.23. The van der Waals surface area contributed by atoms with Gasteiger partial charge in [-0.2, -0.15) is 0 Å². The van der Waals surface area contributed by atoms with E-state index in [0.717, 1.165) is 17.0 Å². The first kappa shape index (κ1) is 27.5. The summed E-state index contributed by atoms with van der Waals surface area (Å²) < 4.78 is 31.6. The topological polar surface area (TPSA) is 96.0 Å². The molecule has 34 heavy (non-hydrogen) atoms. The number of rotatable bonds is 12. The highest BCUT2D eigenvalue weighted by Gasteiger charge is 2.30. The number of amides is 2. The Morgan fingerprint density at radius 2 is 1.74 bits per heavy atom. The lowest BCUT2D eigenvalue weighted by atomic mass is 10.1. The van der Waals surface area contributed by atoms with Crippen LogP contribution in [0, 0.1) is 0 Å². The van der Waals surface area contributed by atoms with Gasteiger partial charge in [-0.25, -0.2) is 8.42 Å². The van der Waals surface area contributed by atoms with Crippen molar-refractivity contribution in [3.63, 3.8) is 0 Å². The molecule has 2 amide bonds. The molecule has 0 bridgehead atoms. The molecule has 1 atom stereocenters. The van der Waals surface area contributed by atoms with E-state index in [2.05, 4.69) is 5.32 Å². The first-order valence-electron chi connectivity index (χ1n) is 11.1. The number of hydrogen-bond acceptors (Lipinski definition) is 5. The average molecular weight is 510 g/mol. The van der Waals surface area contributed by atoms with E-state index in [4.69, 9.17) is 16.3 Å². The molecule has 1 N–H and O–H groups in total. The minimum atomic E-state index is -3.79. The van der Waals surface area contributed by atoms with Crippen molar-refractivity contribution in [2.24, 2.45) is 0 Å². The second kappa shape index (κ2) is 12.6. The first-order valence-corrected chi connectivity index (χ1v) is 13.3. The Hall–Kier alpha value is -2.78. The van der Waals surface area contributed by atoms with E-state index in [1.165, 1.54) is 4.90 Å². The molecular weight excluding hydrogens is 478 g/mol. The van der Waals surface area contributed by atoms with Crippen molar-refractivity contribution in [2.75, 3.05) is 30.3 Å². The summed E-state index contributed by atoms with van der Waals surface area (Å²) in [6.07, 6.45) is 1.78. The van der Waals surface area contributed by atoms with Crippen LogP contribution in [0.25, 0.3) is 0 Å². The van der Waals surface area contributed by atoms with Crippen molar-refractivity contribution in [1.29, 1.82) is 0 Å². The van der Waals surface area contributed by atoms with Gasteiger partial charge in [-0.3, -0.25) is 13.9 Å². The number of nitrogens with one attached hydrogen (secondary N) is 1. The maximum atomic E-state index is 13.5. The Labute approximate surface area is 206 Å². The van der Waals surface area contributed by atoms with E-state index in [0.29, 0.717) is 35.2 Å². The number of nitrogens with zero attached hydrogens (tertiary/aromatic N) is 2. The maximum absolute atomic E-state index is 13.5. The van der Waals surface area contributed by atoms with Gasteiger partial charge in [-0.1, -0.05) is 36.7 Å². The summed E-state index contributed by atoms with van der Waals surface area (Å²) in [6.45, 7) is 5.92. The van der Waals surface area contributed by atoms with Crippen LogP contribution >= 0.6 is 11.6 Å². The summed E-state index contributed by atoms with van der Waals surface area (Å²) in [5, 5.41) is 3.24. The lowest BCUT2D eigenvalue weighted by Gasteiger charge is -2.31. The number of hydrogen-bond donors (Lipinski definition) is 1. The van der Waals surface area contributed by atoms with E-state index in [1.54, 1.807) is 55.5 Å². The molecule has 2 rings (SSSR count). The van der Waals surface area contributed by atoms with E-state index >= 15 is 0 Å². The minimum Gasteiger partial charge on any atom is -0.494 e. The van der Waals surface area contributed by atoms with Gasteiger partial charge in [0.2, 0.25) is 21.8 Å². The van der Waals surface area contributed by atoms with E-state index in [-0.39, 0.29) is 12.5 Å². The van der Waals surface area contributed by atoms with Crippen molar-refractivity contribution in [3.05, 3.63) is 59.1 Å². The number of ether oxygens (including phenoxy) is 1. The molecule has 0 saturated carbocycles. The van der Waals surface area contributed by atoms with Crippen molar-refractivity contribution in [2.45, 2.75) is 39.8 Å². The van der Waals surface area contributed by atoms with Crippen LogP contribution in [0.15, 0.2) is 48.5 Å². The quantitative estimate of drug-likeness (QED) is 0.472. The third-order valence-electron chi connectivity index (χ3n) is 5.13. The number of carbonyl (C=O) groups is 2. The van der Waals surface area contributed by atoms with Gasteiger partial charge in [0.15, 0.2) is 0 Å². The Bertz CT molecular complexity index is 1080. The van der Waals surface area contributed by atoms with Crippen LogP contribution < -0.4 is 14.4 Å². The Morgan fingerprint density at radius 1 is 1.09 bits per heavy atom. The number of anilines is 1. The first-order chi connectivity index (χ1) is 16.1. The third-order valence-corrected chi connectivity index (χ3v) is 6.64. The van der Waals surface area contributed by atoms with Crippen molar-refractivity contribution >= 4 is 39.1 Å². The van der Waals surface area contributed by atoms with Crippen LogP contribution in [0.1, 0.15) is 32.8 Å². The van der Waals surface area contributed by atoms with Gasteiger partial charge in [0, 0.05) is 18.1 Å². The summed E-state index contributed by atoms with van der Waals surface area (Å²) in [7, 11) is -3.79. The summed E-state index contributed by atoms with van der Waals surface area (Å²) in [5.41, 5.74) is 0.972. The molecule has 0 aliphatic heterocycles. The van der Waals surface area contributed by atoms with Gasteiger partial charge in [0.25, 0.3) is 0 Å². The second-order valence-corrected chi connectivity index (χ2v) is 10.1. The van der Waals surface area contributed by atoms with Crippen LogP contribution in [-0.2, 0) is 26.2 Å². The Morgan fingerprint density at radius 3 is 2.29 bits per heavy atom. The predicted octanol–water partition coefficient (Wildman–Crippen LogP) is 3.45. The molecule has 0 saturated heterocycles. The van der Waals surface area contributed by atoms with Crippen LogP contribution in [0.3, 0.4) is 0 Å². The zero-order chi connectivity index (χ0) is 25.3. The van der Waals surface area contributed by atoms with Gasteiger partial charge < -0.3 is 15.0 Å². The molecule has 0 aliphatic rings. The lowest BCUT2D eigenvalue weighted by molar-refractivity contribution is -0.139. The fourth-order valence-electron chi connectivity index (χ4n) is 3.28. The van der Waals surface area contributed by atoms with Gasteiger partial charge >= 0.3 is 0 Å². The van der Waals surface area contributed by atoms with Crippen molar-refractivity contribution in [3.8, 4) is 5.75 Å². The summed E-state index contributed by atoms with van der Waals surface area (Å²) in [4.78, 5) is 27.5. The normalized spacial score (nSPS) is 12.0. The zero-order valence-electron chi connectivity index (χ0n) is 20.0. The molecule has 1 unspecified atom stereocenters. The molecule has 2 aromatic rings. The van der Waals surface area contributed by atoms with Crippen LogP contribution in [0.4, 0.5) is 5.69 Å². The lowest BCUT2D eigenvalue weighted by Crippen LogP contribution is -2.51. The number of halogens is 1. The monoisotopic (exact) mass is 509 g/mol. The zero-order valence-corrected chi connectivity index (χ0v) is 21.5.